The zero-order chi connectivity index (χ0) is 16.3. The molecule has 3 nitrogen and oxygen atoms in total. The van der Waals surface area contributed by atoms with E-state index in [1.165, 1.54) is 0 Å². The number of rotatable bonds is 5. The minimum atomic E-state index is -0.371. The maximum Gasteiger partial charge on any atom is 0.119 e. The first kappa shape index (κ1) is 16.5. The molecule has 0 unspecified atom stereocenters. The molecule has 0 atom stereocenters. The summed E-state index contributed by atoms with van der Waals surface area (Å²) in [6, 6.07) is 12.2. The molecule has 22 heavy (non-hydrogen) atoms. The normalized spacial score (nSPS) is 11.8. The van der Waals surface area contributed by atoms with Crippen molar-refractivity contribution < 1.29 is 4.74 Å². The van der Waals surface area contributed by atoms with Crippen molar-refractivity contribution in [3.05, 3.63) is 47.7 Å². The van der Waals surface area contributed by atoms with Crippen molar-refractivity contribution in [2.45, 2.75) is 40.2 Å². The Kier molecular flexibility index (Phi) is 4.87. The molecule has 2 N–H and O–H groups in total. The molecule has 0 bridgehead atoms. The van der Waals surface area contributed by atoms with E-state index in [2.05, 4.69) is 19.9 Å². The van der Waals surface area contributed by atoms with Gasteiger partial charge in [0.25, 0.3) is 0 Å². The highest BCUT2D eigenvalue weighted by Gasteiger charge is 2.17. The number of aryl methyl sites for hydroxylation is 1. The number of nitrogens with two attached hydrogens (primary N) is 1. The van der Waals surface area contributed by atoms with Gasteiger partial charge in [0.05, 0.1) is 12.3 Å². The fraction of sp³-hybridized carbons (Fsp3) is 0.421. The molecule has 1 aromatic heterocycles. The SMILES string of the molecule is Cc1nc(-c2ccc(OCC(C)C)cc2)ccc1C(C)(C)N. The zero-order valence-electron chi connectivity index (χ0n) is 14.2. The molecular formula is C19H26N2O. The van der Waals surface area contributed by atoms with Crippen molar-refractivity contribution in [1.29, 1.82) is 0 Å². The Morgan fingerprint density at radius 1 is 1.09 bits per heavy atom. The van der Waals surface area contributed by atoms with Crippen LogP contribution in [0.2, 0.25) is 0 Å². The molecule has 0 spiro atoms. The van der Waals surface area contributed by atoms with Gasteiger partial charge in [0, 0.05) is 16.8 Å². The number of pyridine rings is 1. The van der Waals surface area contributed by atoms with Gasteiger partial charge in [-0.05, 0) is 62.6 Å². The molecule has 0 radical (unpaired) electrons. The van der Waals surface area contributed by atoms with Gasteiger partial charge >= 0.3 is 0 Å². The van der Waals surface area contributed by atoms with E-state index in [4.69, 9.17) is 15.5 Å². The summed E-state index contributed by atoms with van der Waals surface area (Å²) in [5.41, 5.74) is 9.89. The van der Waals surface area contributed by atoms with Gasteiger partial charge in [-0.15, -0.1) is 0 Å². The summed E-state index contributed by atoms with van der Waals surface area (Å²) in [4.78, 5) is 4.69. The Hall–Kier alpha value is -1.87. The maximum absolute atomic E-state index is 6.17. The second kappa shape index (κ2) is 6.49. The summed E-state index contributed by atoms with van der Waals surface area (Å²) >= 11 is 0. The number of nitrogens with zero attached hydrogens (tertiary/aromatic N) is 1. The Labute approximate surface area is 133 Å². The lowest BCUT2D eigenvalue weighted by molar-refractivity contribution is 0.271. The summed E-state index contributed by atoms with van der Waals surface area (Å²) in [6.45, 7) is 11.0. The molecule has 0 amide bonds. The minimum absolute atomic E-state index is 0.371. The molecule has 2 aromatic rings. The van der Waals surface area contributed by atoms with Crippen LogP contribution in [0, 0.1) is 12.8 Å². The van der Waals surface area contributed by atoms with E-state index in [0.29, 0.717) is 5.92 Å². The summed E-state index contributed by atoms with van der Waals surface area (Å²) in [7, 11) is 0. The molecular weight excluding hydrogens is 272 g/mol. The number of hydrogen-bond acceptors (Lipinski definition) is 3. The second-order valence-corrected chi connectivity index (χ2v) is 6.78. The van der Waals surface area contributed by atoms with E-state index >= 15 is 0 Å². The van der Waals surface area contributed by atoms with Crippen molar-refractivity contribution >= 4 is 0 Å². The Balaban J connectivity index is 2.20. The molecule has 0 aliphatic heterocycles. The molecule has 0 aliphatic carbocycles. The zero-order valence-corrected chi connectivity index (χ0v) is 14.2. The highest BCUT2D eigenvalue weighted by atomic mass is 16.5. The summed E-state index contributed by atoms with van der Waals surface area (Å²) in [5, 5.41) is 0. The van der Waals surface area contributed by atoms with Crippen LogP contribution in [0.1, 0.15) is 39.0 Å². The fourth-order valence-electron chi connectivity index (χ4n) is 2.39. The van der Waals surface area contributed by atoms with E-state index < -0.39 is 0 Å². The minimum Gasteiger partial charge on any atom is -0.493 e. The van der Waals surface area contributed by atoms with Gasteiger partial charge in [-0.2, -0.15) is 0 Å². The highest BCUT2D eigenvalue weighted by molar-refractivity contribution is 5.60. The number of benzene rings is 1. The van der Waals surface area contributed by atoms with E-state index in [1.807, 2.05) is 51.1 Å². The van der Waals surface area contributed by atoms with Crippen LogP contribution in [0.3, 0.4) is 0 Å². The second-order valence-electron chi connectivity index (χ2n) is 6.78. The molecule has 1 heterocycles. The van der Waals surface area contributed by atoms with Gasteiger partial charge in [0.2, 0.25) is 0 Å². The van der Waals surface area contributed by atoms with Gasteiger partial charge in [-0.1, -0.05) is 19.9 Å². The van der Waals surface area contributed by atoms with Gasteiger partial charge in [-0.3, -0.25) is 4.98 Å². The molecule has 3 heteroatoms. The van der Waals surface area contributed by atoms with Gasteiger partial charge < -0.3 is 10.5 Å². The van der Waals surface area contributed by atoms with Crippen molar-refractivity contribution in [2.24, 2.45) is 11.7 Å². The van der Waals surface area contributed by atoms with Crippen LogP contribution in [0.25, 0.3) is 11.3 Å². The smallest absolute Gasteiger partial charge is 0.119 e. The summed E-state index contributed by atoms with van der Waals surface area (Å²) in [6.07, 6.45) is 0. The average Bonchev–Trinajstić information content (AvgIpc) is 2.44. The van der Waals surface area contributed by atoms with E-state index in [0.717, 1.165) is 34.9 Å². The third kappa shape index (κ3) is 4.08. The van der Waals surface area contributed by atoms with E-state index in [9.17, 15) is 0 Å². The lowest BCUT2D eigenvalue weighted by Gasteiger charge is -2.21. The molecule has 0 saturated carbocycles. The Bertz CT molecular complexity index is 625. The average molecular weight is 298 g/mol. The van der Waals surface area contributed by atoms with Gasteiger partial charge in [-0.25, -0.2) is 0 Å². The van der Waals surface area contributed by atoms with Gasteiger partial charge in [0.15, 0.2) is 0 Å². The monoisotopic (exact) mass is 298 g/mol. The first-order valence-electron chi connectivity index (χ1n) is 7.77. The lowest BCUT2D eigenvalue weighted by Crippen LogP contribution is -2.29. The Morgan fingerprint density at radius 3 is 2.23 bits per heavy atom. The topological polar surface area (TPSA) is 48.1 Å². The standard InChI is InChI=1S/C19H26N2O/c1-13(2)12-22-16-8-6-15(7-9-16)18-11-10-17(14(3)21-18)19(4,5)20/h6-11,13H,12,20H2,1-5H3. The van der Waals surface area contributed by atoms with Gasteiger partial charge in [0.1, 0.15) is 5.75 Å². The predicted molar refractivity (Wildman–Crippen MR) is 92.0 cm³/mol. The highest BCUT2D eigenvalue weighted by Crippen LogP contribution is 2.25. The van der Waals surface area contributed by atoms with Crippen LogP contribution in [0.15, 0.2) is 36.4 Å². The largest absolute Gasteiger partial charge is 0.493 e. The van der Waals surface area contributed by atoms with Crippen molar-refractivity contribution in [1.82, 2.24) is 4.98 Å². The van der Waals surface area contributed by atoms with Crippen LogP contribution in [0.5, 0.6) is 5.75 Å². The van der Waals surface area contributed by atoms with Crippen molar-refractivity contribution in [3.63, 3.8) is 0 Å². The van der Waals surface area contributed by atoms with Crippen LogP contribution in [-0.2, 0) is 5.54 Å². The van der Waals surface area contributed by atoms with Crippen LogP contribution >= 0.6 is 0 Å². The van der Waals surface area contributed by atoms with Crippen LogP contribution in [0.4, 0.5) is 0 Å². The lowest BCUT2D eigenvalue weighted by atomic mass is 9.93. The quantitative estimate of drug-likeness (QED) is 0.896. The first-order chi connectivity index (χ1) is 10.3. The van der Waals surface area contributed by atoms with E-state index in [1.54, 1.807) is 0 Å². The predicted octanol–water partition coefficient (Wildman–Crippen LogP) is 4.29. The number of aromatic nitrogens is 1. The molecule has 118 valence electrons. The van der Waals surface area contributed by atoms with Crippen LogP contribution < -0.4 is 10.5 Å². The van der Waals surface area contributed by atoms with Crippen molar-refractivity contribution in [2.75, 3.05) is 6.61 Å². The molecule has 0 fully saturated rings. The maximum atomic E-state index is 6.17. The van der Waals surface area contributed by atoms with E-state index in [-0.39, 0.29) is 5.54 Å². The molecule has 0 saturated heterocycles. The first-order valence-corrected chi connectivity index (χ1v) is 7.77. The molecule has 2 rings (SSSR count). The molecule has 0 aliphatic rings. The van der Waals surface area contributed by atoms with Crippen LogP contribution in [-0.4, -0.2) is 11.6 Å². The number of hydrogen-bond donors (Lipinski definition) is 1. The third-order valence-corrected chi connectivity index (χ3v) is 3.51. The van der Waals surface area contributed by atoms with Crippen molar-refractivity contribution in [3.8, 4) is 17.0 Å². The summed E-state index contributed by atoms with van der Waals surface area (Å²) < 4.78 is 5.71. The fourth-order valence-corrected chi connectivity index (χ4v) is 2.39. The summed E-state index contributed by atoms with van der Waals surface area (Å²) in [5.74, 6) is 1.42. The third-order valence-electron chi connectivity index (χ3n) is 3.51. The Morgan fingerprint density at radius 2 is 1.73 bits per heavy atom. The molecule has 1 aromatic carbocycles. The number of ether oxygens (including phenoxy) is 1.